The van der Waals surface area contributed by atoms with Crippen LogP contribution in [0.15, 0.2) is 40.9 Å². The van der Waals surface area contributed by atoms with Crippen LogP contribution in [0.1, 0.15) is 17.2 Å². The van der Waals surface area contributed by atoms with E-state index >= 15 is 0 Å². The van der Waals surface area contributed by atoms with E-state index in [9.17, 15) is 13.9 Å². The van der Waals surface area contributed by atoms with Crippen molar-refractivity contribution < 1.29 is 13.9 Å². The van der Waals surface area contributed by atoms with Crippen molar-refractivity contribution in [2.75, 3.05) is 11.9 Å². The second-order valence-corrected chi connectivity index (χ2v) is 5.37. The van der Waals surface area contributed by atoms with Crippen LogP contribution < -0.4 is 5.32 Å². The van der Waals surface area contributed by atoms with E-state index < -0.39 is 17.7 Å². The standard InChI is InChI=1S/C15H14BrF2NO/c1-9-5-6-10(16)13(7-9)19-8-14(20)15-11(17)3-2-4-12(15)18/h2-7,14,19-20H,8H2,1H3. The molecule has 2 N–H and O–H groups in total. The predicted molar refractivity (Wildman–Crippen MR) is 78.7 cm³/mol. The summed E-state index contributed by atoms with van der Waals surface area (Å²) in [6, 6.07) is 9.21. The normalized spacial score (nSPS) is 12.2. The highest BCUT2D eigenvalue weighted by Gasteiger charge is 2.17. The SMILES string of the molecule is Cc1ccc(Br)c(NCC(O)c2c(F)cccc2F)c1. The molecular formula is C15H14BrF2NO. The summed E-state index contributed by atoms with van der Waals surface area (Å²) in [7, 11) is 0. The summed E-state index contributed by atoms with van der Waals surface area (Å²) in [6.07, 6.45) is -1.26. The molecule has 0 amide bonds. The van der Waals surface area contributed by atoms with Crippen molar-refractivity contribution in [1.82, 2.24) is 0 Å². The molecule has 0 saturated heterocycles. The molecule has 0 aliphatic heterocycles. The van der Waals surface area contributed by atoms with E-state index in [-0.39, 0.29) is 12.1 Å². The van der Waals surface area contributed by atoms with Gasteiger partial charge in [0.1, 0.15) is 17.7 Å². The van der Waals surface area contributed by atoms with Crippen LogP contribution >= 0.6 is 15.9 Å². The number of halogens is 3. The Bertz CT molecular complexity index is 599. The number of nitrogens with one attached hydrogen (secondary N) is 1. The molecule has 0 heterocycles. The third-order valence-corrected chi connectivity index (χ3v) is 3.63. The van der Waals surface area contributed by atoms with E-state index in [4.69, 9.17) is 0 Å². The highest BCUT2D eigenvalue weighted by atomic mass is 79.9. The van der Waals surface area contributed by atoms with Gasteiger partial charge in [0.15, 0.2) is 0 Å². The molecule has 20 heavy (non-hydrogen) atoms. The van der Waals surface area contributed by atoms with Crippen molar-refractivity contribution in [2.45, 2.75) is 13.0 Å². The van der Waals surface area contributed by atoms with Crippen molar-refractivity contribution in [3.63, 3.8) is 0 Å². The molecule has 0 radical (unpaired) electrons. The summed E-state index contributed by atoms with van der Waals surface area (Å²) in [5, 5.41) is 12.9. The van der Waals surface area contributed by atoms with Crippen molar-refractivity contribution in [2.24, 2.45) is 0 Å². The van der Waals surface area contributed by atoms with Crippen LogP contribution in [0.4, 0.5) is 14.5 Å². The van der Waals surface area contributed by atoms with E-state index in [2.05, 4.69) is 21.2 Å². The predicted octanol–water partition coefficient (Wildman–Crippen LogP) is 4.18. The number of benzene rings is 2. The average Bonchev–Trinajstić information content (AvgIpc) is 2.39. The zero-order valence-corrected chi connectivity index (χ0v) is 12.4. The van der Waals surface area contributed by atoms with E-state index in [1.165, 1.54) is 6.07 Å². The Morgan fingerprint density at radius 1 is 1.20 bits per heavy atom. The number of aliphatic hydroxyl groups is 1. The van der Waals surface area contributed by atoms with Gasteiger partial charge < -0.3 is 10.4 Å². The van der Waals surface area contributed by atoms with Gasteiger partial charge in [0.05, 0.1) is 5.56 Å². The van der Waals surface area contributed by atoms with Crippen molar-refractivity contribution in [3.05, 3.63) is 63.6 Å². The van der Waals surface area contributed by atoms with Crippen LogP contribution in [0, 0.1) is 18.6 Å². The van der Waals surface area contributed by atoms with Gasteiger partial charge in [-0.1, -0.05) is 12.1 Å². The number of rotatable bonds is 4. The van der Waals surface area contributed by atoms with E-state index in [0.29, 0.717) is 0 Å². The monoisotopic (exact) mass is 341 g/mol. The third kappa shape index (κ3) is 3.35. The Balaban J connectivity index is 2.13. The summed E-state index contributed by atoms with van der Waals surface area (Å²) in [4.78, 5) is 0. The summed E-state index contributed by atoms with van der Waals surface area (Å²) < 4.78 is 27.9. The molecule has 2 aromatic rings. The van der Waals surface area contributed by atoms with Crippen molar-refractivity contribution in [1.29, 1.82) is 0 Å². The molecule has 0 saturated carbocycles. The van der Waals surface area contributed by atoms with Crippen LogP contribution in [0.3, 0.4) is 0 Å². The summed E-state index contributed by atoms with van der Waals surface area (Å²) in [5.41, 5.74) is 1.49. The third-order valence-electron chi connectivity index (χ3n) is 2.94. The van der Waals surface area contributed by atoms with Gasteiger partial charge in [0.25, 0.3) is 0 Å². The van der Waals surface area contributed by atoms with Crippen LogP contribution in [-0.4, -0.2) is 11.7 Å². The van der Waals surface area contributed by atoms with Gasteiger partial charge in [-0.2, -0.15) is 0 Å². The minimum absolute atomic E-state index is 0.0138. The number of aliphatic hydroxyl groups excluding tert-OH is 1. The Morgan fingerprint density at radius 2 is 1.85 bits per heavy atom. The zero-order chi connectivity index (χ0) is 14.7. The minimum atomic E-state index is -1.26. The molecule has 1 atom stereocenters. The molecule has 1 unspecified atom stereocenters. The van der Waals surface area contributed by atoms with Crippen LogP contribution in [0.2, 0.25) is 0 Å². The molecule has 2 rings (SSSR count). The molecule has 0 aliphatic carbocycles. The molecule has 0 spiro atoms. The summed E-state index contributed by atoms with van der Waals surface area (Å²) >= 11 is 3.37. The van der Waals surface area contributed by atoms with Gasteiger partial charge in [0, 0.05) is 16.7 Å². The summed E-state index contributed by atoms with van der Waals surface area (Å²) in [5.74, 6) is -1.50. The molecule has 2 aromatic carbocycles. The van der Waals surface area contributed by atoms with Gasteiger partial charge in [-0.15, -0.1) is 0 Å². The first-order chi connectivity index (χ1) is 9.49. The van der Waals surface area contributed by atoms with E-state index in [1.807, 2.05) is 25.1 Å². The fourth-order valence-electron chi connectivity index (χ4n) is 1.91. The minimum Gasteiger partial charge on any atom is -0.386 e. The number of hydrogen-bond acceptors (Lipinski definition) is 2. The lowest BCUT2D eigenvalue weighted by molar-refractivity contribution is 0.181. The highest BCUT2D eigenvalue weighted by molar-refractivity contribution is 9.10. The topological polar surface area (TPSA) is 32.3 Å². The molecule has 2 nitrogen and oxygen atoms in total. The largest absolute Gasteiger partial charge is 0.386 e. The second-order valence-electron chi connectivity index (χ2n) is 4.52. The lowest BCUT2D eigenvalue weighted by atomic mass is 10.1. The van der Waals surface area contributed by atoms with Crippen LogP contribution in [0.25, 0.3) is 0 Å². The van der Waals surface area contributed by atoms with E-state index in [0.717, 1.165) is 27.9 Å². The first-order valence-electron chi connectivity index (χ1n) is 6.11. The van der Waals surface area contributed by atoms with E-state index in [1.54, 1.807) is 0 Å². The lowest BCUT2D eigenvalue weighted by Crippen LogP contribution is -2.15. The number of anilines is 1. The second kappa shape index (κ2) is 6.33. The maximum atomic E-state index is 13.5. The fraction of sp³-hybridized carbons (Fsp3) is 0.200. The zero-order valence-electron chi connectivity index (χ0n) is 10.8. The van der Waals surface area contributed by atoms with Crippen molar-refractivity contribution >= 4 is 21.6 Å². The molecule has 0 aliphatic rings. The highest BCUT2D eigenvalue weighted by Crippen LogP contribution is 2.25. The quantitative estimate of drug-likeness (QED) is 0.874. The first kappa shape index (κ1) is 14.9. The van der Waals surface area contributed by atoms with Gasteiger partial charge in [-0.3, -0.25) is 0 Å². The molecular weight excluding hydrogens is 328 g/mol. The maximum absolute atomic E-state index is 13.5. The first-order valence-corrected chi connectivity index (χ1v) is 6.90. The van der Waals surface area contributed by atoms with Gasteiger partial charge in [0.2, 0.25) is 0 Å². The Hall–Kier alpha value is -1.46. The fourth-order valence-corrected chi connectivity index (χ4v) is 2.30. The molecule has 0 aromatic heterocycles. The maximum Gasteiger partial charge on any atom is 0.132 e. The number of hydrogen-bond donors (Lipinski definition) is 2. The van der Waals surface area contributed by atoms with Crippen molar-refractivity contribution in [3.8, 4) is 0 Å². The molecule has 0 fully saturated rings. The lowest BCUT2D eigenvalue weighted by Gasteiger charge is -2.15. The van der Waals surface area contributed by atoms with Crippen LogP contribution in [-0.2, 0) is 0 Å². The summed E-state index contributed by atoms with van der Waals surface area (Å²) in [6.45, 7) is 1.95. The molecule has 0 bridgehead atoms. The van der Waals surface area contributed by atoms with Gasteiger partial charge in [-0.05, 0) is 52.7 Å². The Labute approximate surface area is 124 Å². The number of aryl methyl sites for hydroxylation is 1. The Morgan fingerprint density at radius 3 is 2.50 bits per heavy atom. The van der Waals surface area contributed by atoms with Gasteiger partial charge >= 0.3 is 0 Å². The Kier molecular flexibility index (Phi) is 4.73. The smallest absolute Gasteiger partial charge is 0.132 e. The average molecular weight is 342 g/mol. The molecule has 106 valence electrons. The van der Waals surface area contributed by atoms with Crippen LogP contribution in [0.5, 0.6) is 0 Å². The molecule has 5 heteroatoms. The van der Waals surface area contributed by atoms with Gasteiger partial charge in [-0.25, -0.2) is 8.78 Å².